The van der Waals surface area contributed by atoms with Gasteiger partial charge in [0, 0.05) is 0 Å². The first-order valence-corrected chi connectivity index (χ1v) is 8.18. The van der Waals surface area contributed by atoms with Gasteiger partial charge in [-0.25, -0.2) is 9.89 Å². The van der Waals surface area contributed by atoms with Gasteiger partial charge in [0.05, 0.1) is 11.2 Å². The van der Waals surface area contributed by atoms with Gasteiger partial charge in [-0.2, -0.15) is 15.2 Å². The van der Waals surface area contributed by atoms with Crippen molar-refractivity contribution in [2.45, 2.75) is 13.5 Å². The molecule has 0 aliphatic carbocycles. The zero-order chi connectivity index (χ0) is 18.4. The van der Waals surface area contributed by atoms with E-state index in [0.717, 1.165) is 11.1 Å². The van der Waals surface area contributed by atoms with Crippen LogP contribution in [0.25, 0.3) is 0 Å². The largest absolute Gasteiger partial charge is 0.487 e. The third-order valence-electron chi connectivity index (χ3n) is 3.45. The minimum Gasteiger partial charge on any atom is -0.487 e. The summed E-state index contributed by atoms with van der Waals surface area (Å²) in [4.78, 5) is 14.9. The molecule has 7 nitrogen and oxygen atoms in total. The second-order valence-electron chi connectivity index (χ2n) is 5.41. The standard InChI is InChI=1S/C18H16ClN5O2/c1-12-17(21-18(25)24-22-12)23-20-10-14-7-8-16(15(19)9-14)26-11-13-5-3-2-4-6-13/h2-10H,11H2,1H3,(H2,21,23,24,25)/b20-10+. The first-order chi connectivity index (χ1) is 12.6. The molecule has 8 heteroatoms. The molecule has 1 aromatic heterocycles. The maximum atomic E-state index is 11.2. The van der Waals surface area contributed by atoms with Gasteiger partial charge in [-0.3, -0.25) is 5.43 Å². The fourth-order valence-electron chi connectivity index (χ4n) is 2.12. The normalized spacial score (nSPS) is 10.8. The predicted octanol–water partition coefficient (Wildman–Crippen LogP) is 3.15. The lowest BCUT2D eigenvalue weighted by molar-refractivity contribution is 0.306. The molecule has 0 bridgehead atoms. The Kier molecular flexibility index (Phi) is 5.60. The lowest BCUT2D eigenvalue weighted by atomic mass is 10.2. The first-order valence-electron chi connectivity index (χ1n) is 7.80. The number of H-pyrrole nitrogens is 1. The van der Waals surface area contributed by atoms with Crippen molar-refractivity contribution in [2.24, 2.45) is 5.10 Å². The van der Waals surface area contributed by atoms with E-state index in [1.807, 2.05) is 36.4 Å². The Labute approximate surface area is 154 Å². The number of anilines is 1. The van der Waals surface area contributed by atoms with Crippen molar-refractivity contribution >= 4 is 23.6 Å². The Morgan fingerprint density at radius 1 is 1.27 bits per heavy atom. The third kappa shape index (κ3) is 4.67. The van der Waals surface area contributed by atoms with Gasteiger partial charge in [-0.1, -0.05) is 41.9 Å². The Bertz CT molecular complexity index is 973. The lowest BCUT2D eigenvalue weighted by Crippen LogP contribution is -2.15. The molecule has 3 rings (SSSR count). The van der Waals surface area contributed by atoms with Crippen LogP contribution in [0.2, 0.25) is 5.02 Å². The number of halogens is 1. The van der Waals surface area contributed by atoms with Crippen LogP contribution in [0.1, 0.15) is 16.8 Å². The summed E-state index contributed by atoms with van der Waals surface area (Å²) in [5.41, 5.74) is 4.50. The molecule has 0 saturated carbocycles. The summed E-state index contributed by atoms with van der Waals surface area (Å²) in [6.45, 7) is 2.15. The number of nitrogens with one attached hydrogen (secondary N) is 2. The Hall–Kier alpha value is -3.19. The van der Waals surface area contributed by atoms with E-state index in [4.69, 9.17) is 16.3 Å². The van der Waals surface area contributed by atoms with E-state index >= 15 is 0 Å². The first kappa shape index (κ1) is 17.6. The Morgan fingerprint density at radius 3 is 2.85 bits per heavy atom. The van der Waals surface area contributed by atoms with Gasteiger partial charge < -0.3 is 4.74 Å². The van der Waals surface area contributed by atoms with Crippen LogP contribution in [0.5, 0.6) is 5.75 Å². The highest BCUT2D eigenvalue weighted by molar-refractivity contribution is 6.32. The highest BCUT2D eigenvalue weighted by Crippen LogP contribution is 2.25. The van der Waals surface area contributed by atoms with Crippen molar-refractivity contribution < 1.29 is 4.74 Å². The number of hydrogen-bond acceptors (Lipinski definition) is 6. The molecule has 3 aromatic rings. The average molecular weight is 370 g/mol. The fraction of sp³-hybridized carbons (Fsp3) is 0.111. The van der Waals surface area contributed by atoms with E-state index in [-0.39, 0.29) is 0 Å². The highest BCUT2D eigenvalue weighted by atomic mass is 35.5. The molecule has 2 aromatic carbocycles. The van der Waals surface area contributed by atoms with Crippen LogP contribution in [-0.2, 0) is 6.61 Å². The summed E-state index contributed by atoms with van der Waals surface area (Å²) >= 11 is 6.26. The van der Waals surface area contributed by atoms with Crippen LogP contribution in [-0.4, -0.2) is 21.4 Å². The Morgan fingerprint density at radius 2 is 2.08 bits per heavy atom. The monoisotopic (exact) mass is 369 g/mol. The number of ether oxygens (including phenoxy) is 1. The van der Waals surface area contributed by atoms with Crippen molar-refractivity contribution in [1.82, 2.24) is 15.2 Å². The molecule has 0 spiro atoms. The molecule has 26 heavy (non-hydrogen) atoms. The second-order valence-corrected chi connectivity index (χ2v) is 5.82. The maximum absolute atomic E-state index is 11.2. The highest BCUT2D eigenvalue weighted by Gasteiger charge is 2.04. The van der Waals surface area contributed by atoms with E-state index in [1.165, 1.54) is 0 Å². The predicted molar refractivity (Wildman–Crippen MR) is 101 cm³/mol. The SMILES string of the molecule is Cc1n[nH]c(=O)nc1N/N=C/c1ccc(OCc2ccccc2)c(Cl)c1. The van der Waals surface area contributed by atoms with Crippen LogP contribution < -0.4 is 15.9 Å². The molecule has 0 atom stereocenters. The average Bonchev–Trinajstić information content (AvgIpc) is 2.65. The summed E-state index contributed by atoms with van der Waals surface area (Å²) in [7, 11) is 0. The number of hydrogen-bond donors (Lipinski definition) is 2. The van der Waals surface area contributed by atoms with Crippen molar-refractivity contribution in [3.8, 4) is 5.75 Å². The van der Waals surface area contributed by atoms with Gasteiger partial charge in [0.2, 0.25) is 0 Å². The summed E-state index contributed by atoms with van der Waals surface area (Å²) in [5, 5.41) is 10.6. The molecule has 0 radical (unpaired) electrons. The number of rotatable bonds is 6. The van der Waals surface area contributed by atoms with Crippen LogP contribution >= 0.6 is 11.6 Å². The number of aryl methyl sites for hydroxylation is 1. The number of hydrazone groups is 1. The molecule has 0 amide bonds. The van der Waals surface area contributed by atoms with E-state index < -0.39 is 5.69 Å². The van der Waals surface area contributed by atoms with E-state index in [9.17, 15) is 4.79 Å². The Balaban J connectivity index is 1.63. The summed E-state index contributed by atoms with van der Waals surface area (Å²) in [6.07, 6.45) is 1.56. The van der Waals surface area contributed by atoms with Crippen molar-refractivity contribution in [3.63, 3.8) is 0 Å². The van der Waals surface area contributed by atoms with Crippen LogP contribution in [0, 0.1) is 6.92 Å². The van der Waals surface area contributed by atoms with Crippen molar-refractivity contribution in [2.75, 3.05) is 5.43 Å². The molecule has 1 heterocycles. The topological polar surface area (TPSA) is 92.3 Å². The second kappa shape index (κ2) is 8.26. The summed E-state index contributed by atoms with van der Waals surface area (Å²) in [5.74, 6) is 0.885. The molecular formula is C18H16ClN5O2. The number of nitrogens with zero attached hydrogens (tertiary/aromatic N) is 3. The van der Waals surface area contributed by atoms with Gasteiger partial charge in [0.1, 0.15) is 18.1 Å². The van der Waals surface area contributed by atoms with Crippen LogP contribution in [0.15, 0.2) is 58.4 Å². The number of aromatic nitrogens is 3. The third-order valence-corrected chi connectivity index (χ3v) is 3.75. The molecule has 0 fully saturated rings. The molecule has 2 N–H and O–H groups in total. The fourth-order valence-corrected chi connectivity index (χ4v) is 2.36. The van der Waals surface area contributed by atoms with Gasteiger partial charge in [0.25, 0.3) is 0 Å². The maximum Gasteiger partial charge on any atom is 0.363 e. The molecule has 0 aliphatic rings. The van der Waals surface area contributed by atoms with Crippen LogP contribution in [0.4, 0.5) is 5.82 Å². The van der Waals surface area contributed by atoms with Gasteiger partial charge in [0.15, 0.2) is 5.82 Å². The van der Waals surface area contributed by atoms with Crippen molar-refractivity contribution in [3.05, 3.63) is 80.9 Å². The summed E-state index contributed by atoms with van der Waals surface area (Å²) < 4.78 is 5.73. The molecular weight excluding hydrogens is 354 g/mol. The minimum atomic E-state index is -0.545. The van der Waals surface area contributed by atoms with Gasteiger partial charge in [-0.15, -0.1) is 0 Å². The van der Waals surface area contributed by atoms with Crippen molar-refractivity contribution in [1.29, 1.82) is 0 Å². The quantitative estimate of drug-likeness (QED) is 0.514. The van der Waals surface area contributed by atoms with E-state index in [1.54, 1.807) is 25.3 Å². The zero-order valence-corrected chi connectivity index (χ0v) is 14.7. The summed E-state index contributed by atoms with van der Waals surface area (Å²) in [6, 6.07) is 15.2. The lowest BCUT2D eigenvalue weighted by Gasteiger charge is -2.08. The van der Waals surface area contributed by atoms with E-state index in [0.29, 0.717) is 28.9 Å². The smallest absolute Gasteiger partial charge is 0.363 e. The number of aromatic amines is 1. The number of benzene rings is 2. The minimum absolute atomic E-state index is 0.291. The van der Waals surface area contributed by atoms with E-state index in [2.05, 4.69) is 25.7 Å². The molecule has 0 unspecified atom stereocenters. The molecule has 0 aliphatic heterocycles. The molecule has 132 valence electrons. The van der Waals surface area contributed by atoms with Gasteiger partial charge in [-0.05, 0) is 36.2 Å². The van der Waals surface area contributed by atoms with Crippen LogP contribution in [0.3, 0.4) is 0 Å². The van der Waals surface area contributed by atoms with Gasteiger partial charge >= 0.3 is 5.69 Å². The zero-order valence-electron chi connectivity index (χ0n) is 13.9. The molecule has 0 saturated heterocycles.